The van der Waals surface area contributed by atoms with Crippen LogP contribution in [0.15, 0.2) is 40.6 Å². The molecule has 0 amide bonds. The minimum Gasteiger partial charge on any atom is -0.477 e. The molecule has 0 spiro atoms. The van der Waals surface area contributed by atoms with Crippen LogP contribution in [0.5, 0.6) is 11.5 Å². The van der Waals surface area contributed by atoms with E-state index in [0.717, 1.165) is 22.0 Å². The smallest absolute Gasteiger partial charge is 0.346 e. The van der Waals surface area contributed by atoms with E-state index in [9.17, 15) is 4.79 Å². The van der Waals surface area contributed by atoms with Gasteiger partial charge in [-0.2, -0.15) is 0 Å². The monoisotopic (exact) mass is 266 g/mol. The number of ether oxygens (including phenoxy) is 1. The van der Waals surface area contributed by atoms with Crippen molar-refractivity contribution in [2.24, 2.45) is 0 Å². The Morgan fingerprint density at radius 1 is 1.41 bits per heavy atom. The van der Waals surface area contributed by atoms with E-state index in [4.69, 9.17) is 9.84 Å². The topological polar surface area (TPSA) is 46.5 Å². The third-order valence-corrected chi connectivity index (χ3v) is 3.76. The van der Waals surface area contributed by atoms with Crippen LogP contribution in [0.4, 0.5) is 0 Å². The van der Waals surface area contributed by atoms with Crippen LogP contribution in [0.3, 0.4) is 0 Å². The lowest BCUT2D eigenvalue weighted by Gasteiger charge is -2.07. The zero-order valence-corrected chi connectivity index (χ0v) is 10.7. The molecule has 5 heteroatoms. The van der Waals surface area contributed by atoms with E-state index >= 15 is 0 Å². The van der Waals surface area contributed by atoms with Crippen LogP contribution >= 0.6 is 23.1 Å². The van der Waals surface area contributed by atoms with Gasteiger partial charge in [0.15, 0.2) is 0 Å². The van der Waals surface area contributed by atoms with Crippen LogP contribution < -0.4 is 4.74 Å². The fourth-order valence-electron chi connectivity index (χ4n) is 1.31. The Labute approximate surface area is 107 Å². The fraction of sp³-hybridized carbons (Fsp3) is 0.0833. The molecule has 0 bridgehead atoms. The Morgan fingerprint density at radius 3 is 2.82 bits per heavy atom. The van der Waals surface area contributed by atoms with E-state index in [2.05, 4.69) is 0 Å². The summed E-state index contributed by atoms with van der Waals surface area (Å²) in [6.45, 7) is 0. The van der Waals surface area contributed by atoms with E-state index in [1.54, 1.807) is 17.1 Å². The third-order valence-electron chi connectivity index (χ3n) is 2.08. The molecule has 0 unspecified atom stereocenters. The Kier molecular flexibility index (Phi) is 3.71. The molecule has 0 radical (unpaired) electrons. The molecule has 1 aromatic heterocycles. The van der Waals surface area contributed by atoms with Gasteiger partial charge in [0.1, 0.15) is 16.4 Å². The summed E-state index contributed by atoms with van der Waals surface area (Å²) in [5.74, 6) is 0.381. The molecule has 0 atom stereocenters. The maximum absolute atomic E-state index is 10.7. The average Bonchev–Trinajstić information content (AvgIpc) is 2.78. The van der Waals surface area contributed by atoms with Gasteiger partial charge < -0.3 is 9.84 Å². The first-order chi connectivity index (χ1) is 8.20. The number of thioether (sulfide) groups is 1. The maximum atomic E-state index is 10.7. The molecule has 1 heterocycles. The van der Waals surface area contributed by atoms with E-state index in [1.165, 1.54) is 6.07 Å². The molecule has 0 fully saturated rings. The molecule has 17 heavy (non-hydrogen) atoms. The second-order valence-corrected chi connectivity index (χ2v) is 4.96. The molecule has 2 aromatic rings. The van der Waals surface area contributed by atoms with Crippen molar-refractivity contribution in [1.82, 2.24) is 0 Å². The molecule has 2 rings (SSSR count). The number of hydrogen-bond acceptors (Lipinski definition) is 4. The Morgan fingerprint density at radius 2 is 2.18 bits per heavy atom. The summed E-state index contributed by atoms with van der Waals surface area (Å²) in [5.41, 5.74) is 0. The molecule has 3 nitrogen and oxygen atoms in total. The van der Waals surface area contributed by atoms with Crippen LogP contribution in [0.2, 0.25) is 0 Å². The number of benzene rings is 1. The first-order valence-electron chi connectivity index (χ1n) is 4.83. The number of rotatable bonds is 4. The summed E-state index contributed by atoms with van der Waals surface area (Å²) in [6, 6.07) is 9.19. The van der Waals surface area contributed by atoms with E-state index < -0.39 is 5.97 Å². The van der Waals surface area contributed by atoms with Crippen molar-refractivity contribution in [2.75, 3.05) is 6.26 Å². The van der Waals surface area contributed by atoms with Gasteiger partial charge in [0.05, 0.1) is 0 Å². The second kappa shape index (κ2) is 5.25. The van der Waals surface area contributed by atoms with E-state index in [0.29, 0.717) is 5.75 Å². The van der Waals surface area contributed by atoms with E-state index in [-0.39, 0.29) is 4.88 Å². The van der Waals surface area contributed by atoms with Gasteiger partial charge in [-0.3, -0.25) is 0 Å². The fourth-order valence-corrected chi connectivity index (χ4v) is 2.48. The largest absolute Gasteiger partial charge is 0.477 e. The number of thiophene rings is 1. The quantitative estimate of drug-likeness (QED) is 0.851. The molecule has 1 aromatic carbocycles. The first-order valence-corrected chi connectivity index (χ1v) is 6.94. The van der Waals surface area contributed by atoms with Crippen molar-refractivity contribution in [3.63, 3.8) is 0 Å². The highest BCUT2D eigenvalue weighted by molar-refractivity contribution is 7.98. The van der Waals surface area contributed by atoms with E-state index in [1.807, 2.05) is 30.5 Å². The second-order valence-electron chi connectivity index (χ2n) is 3.20. The molecule has 88 valence electrons. The van der Waals surface area contributed by atoms with Gasteiger partial charge in [0, 0.05) is 16.3 Å². The normalized spacial score (nSPS) is 10.2. The van der Waals surface area contributed by atoms with Crippen molar-refractivity contribution in [3.8, 4) is 11.5 Å². The molecule has 0 aliphatic rings. The van der Waals surface area contributed by atoms with Crippen molar-refractivity contribution in [2.45, 2.75) is 4.90 Å². The van der Waals surface area contributed by atoms with Crippen LogP contribution in [-0.4, -0.2) is 17.3 Å². The zero-order valence-electron chi connectivity index (χ0n) is 9.04. The molecule has 0 saturated carbocycles. The maximum Gasteiger partial charge on any atom is 0.346 e. The highest BCUT2D eigenvalue weighted by Gasteiger charge is 2.09. The summed E-state index contributed by atoms with van der Waals surface area (Å²) >= 11 is 2.75. The minimum absolute atomic E-state index is 0.279. The van der Waals surface area contributed by atoms with Crippen LogP contribution in [0, 0.1) is 0 Å². The summed E-state index contributed by atoms with van der Waals surface area (Å²) < 4.78 is 5.66. The Bertz CT molecular complexity index is 534. The summed E-state index contributed by atoms with van der Waals surface area (Å²) in [6.07, 6.45) is 1.97. The molecule has 0 aliphatic carbocycles. The van der Waals surface area contributed by atoms with Gasteiger partial charge in [-0.05, 0) is 18.4 Å². The SMILES string of the molecule is CSc1ccccc1Oc1csc(C(=O)O)c1. The highest BCUT2D eigenvalue weighted by Crippen LogP contribution is 2.33. The van der Waals surface area contributed by atoms with Crippen LogP contribution in [0.1, 0.15) is 9.67 Å². The Balaban J connectivity index is 2.22. The Hall–Kier alpha value is -1.46. The number of hydrogen-bond donors (Lipinski definition) is 1. The number of para-hydroxylation sites is 1. The molecule has 0 aliphatic heterocycles. The first kappa shape index (κ1) is 12.0. The molecular weight excluding hydrogens is 256 g/mol. The molecule has 0 saturated heterocycles. The standard InChI is InChI=1S/C12H10O3S2/c1-16-10-5-3-2-4-9(10)15-8-6-11(12(13)14)17-7-8/h2-7H,1H3,(H,13,14). The number of carboxylic acids is 1. The lowest BCUT2D eigenvalue weighted by atomic mass is 10.3. The van der Waals surface area contributed by atoms with Gasteiger partial charge in [-0.1, -0.05) is 12.1 Å². The number of carbonyl (C=O) groups is 1. The zero-order chi connectivity index (χ0) is 12.3. The summed E-state index contributed by atoms with van der Waals surface area (Å²) in [7, 11) is 0. The molecular formula is C12H10O3S2. The minimum atomic E-state index is -0.928. The van der Waals surface area contributed by atoms with Crippen molar-refractivity contribution < 1.29 is 14.6 Å². The number of carboxylic acid groups (broad SMARTS) is 1. The van der Waals surface area contributed by atoms with Crippen molar-refractivity contribution in [1.29, 1.82) is 0 Å². The number of aromatic carboxylic acids is 1. The lowest BCUT2D eigenvalue weighted by molar-refractivity contribution is 0.0702. The predicted molar refractivity (Wildman–Crippen MR) is 69.6 cm³/mol. The van der Waals surface area contributed by atoms with Gasteiger partial charge in [-0.15, -0.1) is 23.1 Å². The highest BCUT2D eigenvalue weighted by atomic mass is 32.2. The van der Waals surface area contributed by atoms with Crippen LogP contribution in [-0.2, 0) is 0 Å². The molecule has 1 N–H and O–H groups in total. The van der Waals surface area contributed by atoms with Crippen molar-refractivity contribution in [3.05, 3.63) is 40.6 Å². The third kappa shape index (κ3) is 2.81. The lowest BCUT2D eigenvalue weighted by Crippen LogP contribution is -1.90. The van der Waals surface area contributed by atoms with Gasteiger partial charge >= 0.3 is 5.97 Å². The summed E-state index contributed by atoms with van der Waals surface area (Å²) in [5, 5.41) is 10.5. The average molecular weight is 266 g/mol. The van der Waals surface area contributed by atoms with Crippen LogP contribution in [0.25, 0.3) is 0 Å². The summed E-state index contributed by atoms with van der Waals surface area (Å²) in [4.78, 5) is 12.0. The van der Waals surface area contributed by atoms with Gasteiger partial charge in [0.2, 0.25) is 0 Å². The van der Waals surface area contributed by atoms with Crippen molar-refractivity contribution >= 4 is 29.1 Å². The predicted octanol–water partition coefficient (Wildman–Crippen LogP) is 3.96. The van der Waals surface area contributed by atoms with Gasteiger partial charge in [-0.25, -0.2) is 4.79 Å². The van der Waals surface area contributed by atoms with Gasteiger partial charge in [0.25, 0.3) is 0 Å².